The van der Waals surface area contributed by atoms with E-state index in [9.17, 15) is 0 Å². The van der Waals surface area contributed by atoms with Crippen LogP contribution >= 0.6 is 0 Å². The van der Waals surface area contributed by atoms with Crippen molar-refractivity contribution in [3.8, 4) is 6.07 Å². The Bertz CT molecular complexity index is 511. The number of pyridine rings is 1. The molecule has 0 aliphatic carbocycles. The quantitative estimate of drug-likeness (QED) is 0.639. The molecular formula is C8H8N8. The molecule has 16 heavy (non-hydrogen) atoms. The number of nitriles is 1. The normalized spacial score (nSPS) is 9.69. The van der Waals surface area contributed by atoms with E-state index >= 15 is 0 Å². The van der Waals surface area contributed by atoms with Crippen LogP contribution in [0.1, 0.15) is 11.4 Å². The summed E-state index contributed by atoms with van der Waals surface area (Å²) in [6, 6.07) is 3.50. The molecule has 0 radical (unpaired) electrons. The van der Waals surface area contributed by atoms with E-state index < -0.39 is 0 Å². The van der Waals surface area contributed by atoms with Gasteiger partial charge in [0.1, 0.15) is 11.9 Å². The number of anilines is 2. The third kappa shape index (κ3) is 2.03. The van der Waals surface area contributed by atoms with Crippen LogP contribution in [0.4, 0.5) is 11.5 Å². The Morgan fingerprint density at radius 1 is 1.56 bits per heavy atom. The Kier molecular flexibility index (Phi) is 2.60. The smallest absolute Gasteiger partial charge is 0.193 e. The number of H-pyrrole nitrogens is 1. The zero-order valence-electron chi connectivity index (χ0n) is 8.18. The molecule has 2 aromatic rings. The van der Waals surface area contributed by atoms with Crippen LogP contribution in [0, 0.1) is 11.3 Å². The highest BCUT2D eigenvalue weighted by molar-refractivity contribution is 5.62. The Labute approximate surface area is 90.5 Å². The molecule has 0 atom stereocenters. The number of hydrogen-bond acceptors (Lipinski definition) is 7. The van der Waals surface area contributed by atoms with Gasteiger partial charge < -0.3 is 11.1 Å². The maximum absolute atomic E-state index is 8.63. The summed E-state index contributed by atoms with van der Waals surface area (Å²) in [5.74, 6) is 0.995. The third-order valence-electron chi connectivity index (χ3n) is 1.85. The summed E-state index contributed by atoms with van der Waals surface area (Å²) in [5, 5.41) is 24.8. The van der Waals surface area contributed by atoms with Crippen molar-refractivity contribution in [1.82, 2.24) is 25.6 Å². The number of aromatic amines is 1. The Morgan fingerprint density at radius 2 is 2.44 bits per heavy atom. The number of nitrogens with one attached hydrogen (secondary N) is 2. The number of nitrogens with zero attached hydrogens (tertiary/aromatic N) is 5. The van der Waals surface area contributed by atoms with Crippen molar-refractivity contribution in [2.75, 3.05) is 11.1 Å². The van der Waals surface area contributed by atoms with Gasteiger partial charge in [-0.15, -0.1) is 10.2 Å². The summed E-state index contributed by atoms with van der Waals surface area (Å²) >= 11 is 0. The van der Waals surface area contributed by atoms with E-state index in [1.54, 1.807) is 6.07 Å². The molecule has 2 rings (SSSR count). The average molecular weight is 216 g/mol. The lowest BCUT2D eigenvalue weighted by Crippen LogP contribution is -2.06. The molecule has 0 spiro atoms. The van der Waals surface area contributed by atoms with Crippen LogP contribution in [0.15, 0.2) is 12.3 Å². The SMILES string of the molecule is N#Cc1cnc(NCc2nn[nH]n2)c(N)c1. The highest BCUT2D eigenvalue weighted by Crippen LogP contribution is 2.15. The maximum Gasteiger partial charge on any atom is 0.193 e. The second-order valence-corrected chi connectivity index (χ2v) is 2.96. The van der Waals surface area contributed by atoms with E-state index in [0.717, 1.165) is 0 Å². The maximum atomic E-state index is 8.63. The van der Waals surface area contributed by atoms with E-state index in [2.05, 4.69) is 30.9 Å². The van der Waals surface area contributed by atoms with Crippen LogP contribution in [0.25, 0.3) is 0 Å². The minimum Gasteiger partial charge on any atom is -0.396 e. The van der Waals surface area contributed by atoms with Gasteiger partial charge >= 0.3 is 0 Å². The molecule has 8 nitrogen and oxygen atoms in total. The molecule has 0 saturated heterocycles. The summed E-state index contributed by atoms with van der Waals surface area (Å²) in [6.07, 6.45) is 1.44. The first kappa shape index (κ1) is 9.85. The minimum absolute atomic E-state index is 0.361. The third-order valence-corrected chi connectivity index (χ3v) is 1.85. The minimum atomic E-state index is 0.361. The molecule has 4 N–H and O–H groups in total. The van der Waals surface area contributed by atoms with Crippen molar-refractivity contribution in [1.29, 1.82) is 5.26 Å². The lowest BCUT2D eigenvalue weighted by molar-refractivity contribution is 0.881. The lowest BCUT2D eigenvalue weighted by atomic mass is 10.3. The number of hydrogen-bond donors (Lipinski definition) is 3. The first-order valence-electron chi connectivity index (χ1n) is 4.41. The number of tetrazole rings is 1. The van der Waals surface area contributed by atoms with Crippen molar-refractivity contribution in [3.05, 3.63) is 23.7 Å². The van der Waals surface area contributed by atoms with Crippen LogP contribution in [0.2, 0.25) is 0 Å². The van der Waals surface area contributed by atoms with Gasteiger partial charge in [0, 0.05) is 6.20 Å². The number of rotatable bonds is 3. The molecule has 0 unspecified atom stereocenters. The van der Waals surface area contributed by atoms with Crippen molar-refractivity contribution in [2.24, 2.45) is 0 Å². The van der Waals surface area contributed by atoms with Gasteiger partial charge in [-0.2, -0.15) is 10.5 Å². The number of aromatic nitrogens is 5. The topological polar surface area (TPSA) is 129 Å². The van der Waals surface area contributed by atoms with Crippen LogP contribution < -0.4 is 11.1 Å². The van der Waals surface area contributed by atoms with E-state index in [1.807, 2.05) is 6.07 Å². The molecular weight excluding hydrogens is 208 g/mol. The largest absolute Gasteiger partial charge is 0.396 e. The molecule has 0 aliphatic heterocycles. The van der Waals surface area contributed by atoms with Crippen molar-refractivity contribution in [2.45, 2.75) is 6.54 Å². The fourth-order valence-corrected chi connectivity index (χ4v) is 1.11. The molecule has 2 aromatic heterocycles. The molecule has 0 amide bonds. The van der Waals surface area contributed by atoms with Gasteiger partial charge in [0.05, 0.1) is 17.8 Å². The first-order chi connectivity index (χ1) is 7.79. The fraction of sp³-hybridized carbons (Fsp3) is 0.125. The summed E-state index contributed by atoms with van der Waals surface area (Å²) in [4.78, 5) is 4.00. The van der Waals surface area contributed by atoms with Crippen LogP contribution in [-0.2, 0) is 6.54 Å². The highest BCUT2D eigenvalue weighted by atomic mass is 15.5. The fourth-order valence-electron chi connectivity index (χ4n) is 1.11. The second-order valence-electron chi connectivity index (χ2n) is 2.96. The molecule has 8 heteroatoms. The second kappa shape index (κ2) is 4.22. The monoisotopic (exact) mass is 216 g/mol. The molecule has 0 aliphatic rings. The Balaban J connectivity index is 2.08. The molecule has 0 fully saturated rings. The van der Waals surface area contributed by atoms with Gasteiger partial charge in [0.2, 0.25) is 0 Å². The number of nitrogen functional groups attached to an aromatic ring is 1. The van der Waals surface area contributed by atoms with Crippen molar-refractivity contribution >= 4 is 11.5 Å². The highest BCUT2D eigenvalue weighted by Gasteiger charge is 2.03. The van der Waals surface area contributed by atoms with Crippen LogP contribution in [0.3, 0.4) is 0 Å². The summed E-state index contributed by atoms with van der Waals surface area (Å²) < 4.78 is 0. The average Bonchev–Trinajstić information content (AvgIpc) is 2.80. The lowest BCUT2D eigenvalue weighted by Gasteiger charge is -2.05. The van der Waals surface area contributed by atoms with Gasteiger partial charge in [-0.05, 0) is 6.07 Å². The zero-order chi connectivity index (χ0) is 11.4. The van der Waals surface area contributed by atoms with Gasteiger partial charge in [0.15, 0.2) is 5.82 Å². The Hall–Kier alpha value is -2.69. The van der Waals surface area contributed by atoms with Crippen molar-refractivity contribution < 1.29 is 0 Å². The molecule has 2 heterocycles. The van der Waals surface area contributed by atoms with Gasteiger partial charge in [0.25, 0.3) is 0 Å². The standard InChI is InChI=1S/C8H8N8/c9-2-5-1-6(10)8(11-3-5)12-4-7-13-15-16-14-7/h1,3H,4,10H2,(H,11,12)(H,13,14,15,16). The number of nitrogens with two attached hydrogens (primary N) is 1. The molecule has 0 bridgehead atoms. The van der Waals surface area contributed by atoms with E-state index in [0.29, 0.717) is 29.4 Å². The predicted octanol–water partition coefficient (Wildman–Crippen LogP) is -0.339. The molecule has 0 aromatic carbocycles. The van der Waals surface area contributed by atoms with Crippen LogP contribution in [0.5, 0.6) is 0 Å². The molecule has 0 saturated carbocycles. The van der Waals surface area contributed by atoms with E-state index in [1.165, 1.54) is 6.20 Å². The van der Waals surface area contributed by atoms with Crippen LogP contribution in [-0.4, -0.2) is 25.6 Å². The van der Waals surface area contributed by atoms with Gasteiger partial charge in [-0.3, -0.25) is 0 Å². The van der Waals surface area contributed by atoms with Gasteiger partial charge in [-0.1, -0.05) is 5.21 Å². The van der Waals surface area contributed by atoms with E-state index in [4.69, 9.17) is 11.0 Å². The summed E-state index contributed by atoms with van der Waals surface area (Å²) in [5.41, 5.74) is 6.52. The Morgan fingerprint density at radius 3 is 3.06 bits per heavy atom. The summed E-state index contributed by atoms with van der Waals surface area (Å²) in [7, 11) is 0. The molecule has 80 valence electrons. The predicted molar refractivity (Wildman–Crippen MR) is 54.9 cm³/mol. The van der Waals surface area contributed by atoms with Crippen molar-refractivity contribution in [3.63, 3.8) is 0 Å². The van der Waals surface area contributed by atoms with E-state index in [-0.39, 0.29) is 0 Å². The summed E-state index contributed by atoms with van der Waals surface area (Å²) in [6.45, 7) is 0.361. The zero-order valence-corrected chi connectivity index (χ0v) is 8.18. The van der Waals surface area contributed by atoms with Gasteiger partial charge in [-0.25, -0.2) is 4.98 Å². The first-order valence-corrected chi connectivity index (χ1v) is 4.41.